The van der Waals surface area contributed by atoms with E-state index in [1.165, 1.54) is 0 Å². The molecule has 0 saturated carbocycles. The number of pyridine rings is 1. The molecule has 3 heteroatoms. The molecule has 88 valence electrons. The molecular weight excluding hydrogens is 214 g/mol. The fraction of sp³-hybridized carbons (Fsp3) is 0.286. The lowest BCUT2D eigenvalue weighted by Gasteiger charge is -2.05. The molecule has 1 aromatic carbocycles. The van der Waals surface area contributed by atoms with Crippen molar-refractivity contribution in [2.75, 3.05) is 6.61 Å². The number of aromatic nitrogens is 1. The third kappa shape index (κ3) is 3.28. The summed E-state index contributed by atoms with van der Waals surface area (Å²) in [6.07, 6.45) is 3.30. The maximum absolute atomic E-state index is 10.1. The number of hydrogen-bond donors (Lipinski definition) is 0. The van der Waals surface area contributed by atoms with E-state index in [2.05, 4.69) is 4.98 Å². The molecule has 0 radical (unpaired) electrons. The fourth-order valence-corrected chi connectivity index (χ4v) is 1.63. The quantitative estimate of drug-likeness (QED) is 0.564. The zero-order valence-electron chi connectivity index (χ0n) is 9.63. The lowest BCUT2D eigenvalue weighted by molar-refractivity contribution is -0.107. The minimum absolute atomic E-state index is 0.606. The third-order valence-electron chi connectivity index (χ3n) is 2.54. The van der Waals surface area contributed by atoms with Crippen LogP contribution < -0.4 is 4.74 Å². The predicted octanol–water partition coefficient (Wildman–Crippen LogP) is 2.98. The van der Waals surface area contributed by atoms with E-state index in [1.807, 2.05) is 36.4 Å². The first kappa shape index (κ1) is 11.6. The van der Waals surface area contributed by atoms with Gasteiger partial charge in [0, 0.05) is 17.9 Å². The number of ether oxygens (including phenoxy) is 1. The summed E-state index contributed by atoms with van der Waals surface area (Å²) in [5.74, 6) is 0.648. The highest BCUT2D eigenvalue weighted by Gasteiger charge is 1.98. The molecule has 0 spiro atoms. The van der Waals surface area contributed by atoms with E-state index in [9.17, 15) is 4.79 Å². The highest BCUT2D eigenvalue weighted by atomic mass is 16.5. The Balaban J connectivity index is 1.92. The molecule has 0 unspecified atom stereocenters. The number of para-hydroxylation sites is 1. The average Bonchev–Trinajstić information content (AvgIpc) is 2.38. The SMILES string of the molecule is O=CCCCCOc1ccc2ccccc2n1. The average molecular weight is 229 g/mol. The van der Waals surface area contributed by atoms with Gasteiger partial charge in [-0.3, -0.25) is 0 Å². The lowest BCUT2D eigenvalue weighted by Crippen LogP contribution is -1.99. The van der Waals surface area contributed by atoms with E-state index in [1.54, 1.807) is 0 Å². The Hall–Kier alpha value is -1.90. The van der Waals surface area contributed by atoms with Crippen LogP contribution in [0.25, 0.3) is 10.9 Å². The Morgan fingerprint density at radius 1 is 1.12 bits per heavy atom. The standard InChI is InChI=1S/C14H15NO2/c16-10-4-1-5-11-17-14-9-8-12-6-2-3-7-13(12)15-14/h2-3,6-10H,1,4-5,11H2. The van der Waals surface area contributed by atoms with Gasteiger partial charge in [0.2, 0.25) is 5.88 Å². The number of nitrogens with zero attached hydrogens (tertiary/aromatic N) is 1. The van der Waals surface area contributed by atoms with E-state index in [4.69, 9.17) is 4.74 Å². The first-order chi connectivity index (χ1) is 8.40. The van der Waals surface area contributed by atoms with Crippen LogP contribution in [-0.2, 0) is 4.79 Å². The Kier molecular flexibility index (Phi) is 4.08. The van der Waals surface area contributed by atoms with E-state index in [0.717, 1.165) is 30.0 Å². The maximum Gasteiger partial charge on any atom is 0.213 e. The molecule has 3 nitrogen and oxygen atoms in total. The largest absolute Gasteiger partial charge is 0.478 e. The van der Waals surface area contributed by atoms with Crippen molar-refractivity contribution in [3.63, 3.8) is 0 Å². The fourth-order valence-electron chi connectivity index (χ4n) is 1.63. The Bertz CT molecular complexity index is 496. The lowest BCUT2D eigenvalue weighted by atomic mass is 10.2. The van der Waals surface area contributed by atoms with Gasteiger partial charge in [0.25, 0.3) is 0 Å². The van der Waals surface area contributed by atoms with Crippen LogP contribution in [0.3, 0.4) is 0 Å². The number of carbonyl (C=O) groups is 1. The van der Waals surface area contributed by atoms with Crippen molar-refractivity contribution in [2.45, 2.75) is 19.3 Å². The zero-order valence-corrected chi connectivity index (χ0v) is 9.63. The molecule has 0 bridgehead atoms. The summed E-state index contributed by atoms with van der Waals surface area (Å²) in [5, 5.41) is 1.11. The summed E-state index contributed by atoms with van der Waals surface area (Å²) < 4.78 is 5.53. The summed E-state index contributed by atoms with van der Waals surface area (Å²) in [4.78, 5) is 14.5. The summed E-state index contributed by atoms with van der Waals surface area (Å²) in [6, 6.07) is 11.8. The van der Waals surface area contributed by atoms with Gasteiger partial charge in [-0.25, -0.2) is 4.98 Å². The molecule has 0 fully saturated rings. The number of benzene rings is 1. The normalized spacial score (nSPS) is 10.4. The Morgan fingerprint density at radius 3 is 2.88 bits per heavy atom. The van der Waals surface area contributed by atoms with Crippen molar-refractivity contribution < 1.29 is 9.53 Å². The van der Waals surface area contributed by atoms with Crippen molar-refractivity contribution >= 4 is 17.2 Å². The molecule has 2 rings (SSSR count). The number of rotatable bonds is 6. The van der Waals surface area contributed by atoms with Gasteiger partial charge in [-0.15, -0.1) is 0 Å². The predicted molar refractivity (Wildman–Crippen MR) is 67.2 cm³/mol. The van der Waals surface area contributed by atoms with Crippen LogP contribution in [0, 0.1) is 0 Å². The van der Waals surface area contributed by atoms with Crippen LogP contribution in [0.1, 0.15) is 19.3 Å². The van der Waals surface area contributed by atoms with Crippen LogP contribution in [0.15, 0.2) is 36.4 Å². The second-order valence-electron chi connectivity index (χ2n) is 3.85. The molecule has 0 amide bonds. The van der Waals surface area contributed by atoms with E-state index < -0.39 is 0 Å². The summed E-state index contributed by atoms with van der Waals surface area (Å²) in [7, 11) is 0. The topological polar surface area (TPSA) is 39.2 Å². The number of unbranched alkanes of at least 4 members (excludes halogenated alkanes) is 2. The van der Waals surface area contributed by atoms with Gasteiger partial charge in [-0.1, -0.05) is 18.2 Å². The summed E-state index contributed by atoms with van der Waals surface area (Å²) in [5.41, 5.74) is 0.942. The third-order valence-corrected chi connectivity index (χ3v) is 2.54. The molecule has 0 aliphatic carbocycles. The van der Waals surface area contributed by atoms with Crippen LogP contribution in [0.5, 0.6) is 5.88 Å². The zero-order chi connectivity index (χ0) is 11.9. The highest BCUT2D eigenvalue weighted by Crippen LogP contribution is 2.16. The van der Waals surface area contributed by atoms with Crippen molar-refractivity contribution in [1.29, 1.82) is 0 Å². The van der Waals surface area contributed by atoms with E-state index in [-0.39, 0.29) is 0 Å². The van der Waals surface area contributed by atoms with Gasteiger partial charge in [-0.05, 0) is 25.0 Å². The first-order valence-electron chi connectivity index (χ1n) is 5.82. The minimum Gasteiger partial charge on any atom is -0.478 e. The van der Waals surface area contributed by atoms with Crippen LogP contribution >= 0.6 is 0 Å². The molecule has 0 saturated heterocycles. The summed E-state index contributed by atoms with van der Waals surface area (Å²) >= 11 is 0. The van der Waals surface area contributed by atoms with Crippen LogP contribution in [0.2, 0.25) is 0 Å². The number of carbonyl (C=O) groups excluding carboxylic acids is 1. The van der Waals surface area contributed by atoms with Crippen molar-refractivity contribution in [3.8, 4) is 5.88 Å². The van der Waals surface area contributed by atoms with E-state index >= 15 is 0 Å². The van der Waals surface area contributed by atoms with Gasteiger partial charge in [0.05, 0.1) is 12.1 Å². The number of aldehydes is 1. The Morgan fingerprint density at radius 2 is 2.00 bits per heavy atom. The summed E-state index contributed by atoms with van der Waals surface area (Å²) in [6.45, 7) is 0.610. The smallest absolute Gasteiger partial charge is 0.213 e. The molecule has 2 aromatic rings. The molecule has 0 atom stereocenters. The van der Waals surface area contributed by atoms with Gasteiger partial charge in [0.1, 0.15) is 6.29 Å². The highest BCUT2D eigenvalue weighted by molar-refractivity contribution is 5.78. The molecule has 1 heterocycles. The second kappa shape index (κ2) is 5.99. The van der Waals surface area contributed by atoms with Crippen molar-refractivity contribution in [2.24, 2.45) is 0 Å². The van der Waals surface area contributed by atoms with Gasteiger partial charge in [0.15, 0.2) is 0 Å². The van der Waals surface area contributed by atoms with E-state index in [0.29, 0.717) is 18.9 Å². The second-order valence-corrected chi connectivity index (χ2v) is 3.85. The monoisotopic (exact) mass is 229 g/mol. The van der Waals surface area contributed by atoms with Gasteiger partial charge >= 0.3 is 0 Å². The Labute approximate surface area is 100 Å². The molecule has 0 N–H and O–H groups in total. The van der Waals surface area contributed by atoms with Crippen molar-refractivity contribution in [3.05, 3.63) is 36.4 Å². The molecule has 0 aliphatic heterocycles. The molecular formula is C14H15NO2. The first-order valence-corrected chi connectivity index (χ1v) is 5.82. The molecule has 0 aliphatic rings. The minimum atomic E-state index is 0.606. The van der Waals surface area contributed by atoms with Crippen molar-refractivity contribution in [1.82, 2.24) is 4.98 Å². The maximum atomic E-state index is 10.1. The van der Waals surface area contributed by atoms with Gasteiger partial charge < -0.3 is 9.53 Å². The molecule has 17 heavy (non-hydrogen) atoms. The molecule has 1 aromatic heterocycles. The number of hydrogen-bond acceptors (Lipinski definition) is 3. The van der Waals surface area contributed by atoms with Crippen LogP contribution in [-0.4, -0.2) is 17.9 Å². The number of fused-ring (bicyclic) bond motifs is 1. The van der Waals surface area contributed by atoms with Gasteiger partial charge in [-0.2, -0.15) is 0 Å². The van der Waals surface area contributed by atoms with Crippen LogP contribution in [0.4, 0.5) is 0 Å².